The number of benzene rings is 1. The first-order valence-corrected chi connectivity index (χ1v) is 8.50. The van der Waals surface area contributed by atoms with Crippen molar-refractivity contribution >= 4 is 29.1 Å². The van der Waals surface area contributed by atoms with Crippen molar-refractivity contribution in [1.82, 2.24) is 8.75 Å². The maximum atomic E-state index is 10.1. The quantitative estimate of drug-likeness (QED) is 0.565. The van der Waals surface area contributed by atoms with Gasteiger partial charge in [-0.2, -0.15) is 14.0 Å². The van der Waals surface area contributed by atoms with E-state index in [9.17, 15) is 5.11 Å². The number of nitrogens with zero attached hydrogens (tertiary/aromatic N) is 3. The molecule has 0 radical (unpaired) electrons. The molecule has 3 N–H and O–H groups in total. The van der Waals surface area contributed by atoms with Crippen LogP contribution in [0.5, 0.6) is 5.75 Å². The van der Waals surface area contributed by atoms with Crippen LogP contribution in [0.25, 0.3) is 0 Å². The van der Waals surface area contributed by atoms with Gasteiger partial charge >= 0.3 is 0 Å². The van der Waals surface area contributed by atoms with Crippen molar-refractivity contribution in [2.75, 3.05) is 10.6 Å². The van der Waals surface area contributed by atoms with Gasteiger partial charge in [0.05, 0.1) is 29.0 Å². The van der Waals surface area contributed by atoms with Crippen molar-refractivity contribution in [1.29, 1.82) is 5.26 Å². The third-order valence-electron chi connectivity index (χ3n) is 3.72. The topological polar surface area (TPSA) is 107 Å². The van der Waals surface area contributed by atoms with E-state index in [2.05, 4.69) is 19.4 Å². The molecule has 0 saturated carbocycles. The summed E-state index contributed by atoms with van der Waals surface area (Å²) in [6, 6.07) is 10.7. The molecule has 0 fully saturated rings. The molecule has 0 aliphatic heterocycles. The maximum absolute atomic E-state index is 10.1. The minimum absolute atomic E-state index is 0.0443. The molecule has 2 aromatic heterocycles. The Morgan fingerprint density at radius 1 is 1.28 bits per heavy atom. The van der Waals surface area contributed by atoms with Crippen molar-refractivity contribution in [3.05, 3.63) is 47.4 Å². The van der Waals surface area contributed by atoms with E-state index < -0.39 is 0 Å². The first-order chi connectivity index (χ1) is 12.1. The summed E-state index contributed by atoms with van der Waals surface area (Å²) >= 11 is 1.05. The smallest absolute Gasteiger partial charge is 0.188 e. The highest BCUT2D eigenvalue weighted by molar-refractivity contribution is 6.99. The van der Waals surface area contributed by atoms with Crippen molar-refractivity contribution in [2.45, 2.75) is 26.3 Å². The van der Waals surface area contributed by atoms with Gasteiger partial charge in [0, 0.05) is 0 Å². The minimum atomic E-state index is -0.113. The van der Waals surface area contributed by atoms with Crippen LogP contribution in [-0.4, -0.2) is 13.9 Å². The normalized spacial score (nSPS) is 11.7. The number of phenols is 1. The van der Waals surface area contributed by atoms with Crippen LogP contribution in [0, 0.1) is 18.3 Å². The summed E-state index contributed by atoms with van der Waals surface area (Å²) in [5.41, 5.74) is 0.594. The average molecular weight is 355 g/mol. The SMILES string of the molecule is CCC(Nc1nsnc1Nc1cccc(C#N)c1O)c1ccc(C)o1. The Hall–Kier alpha value is -3.05. The van der Waals surface area contributed by atoms with E-state index in [1.807, 2.05) is 32.0 Å². The molecule has 1 aromatic carbocycles. The molecule has 1 atom stereocenters. The van der Waals surface area contributed by atoms with Gasteiger partial charge in [0.1, 0.15) is 17.6 Å². The second-order valence-electron chi connectivity index (χ2n) is 5.45. The van der Waals surface area contributed by atoms with Crippen molar-refractivity contribution in [3.8, 4) is 11.8 Å². The predicted molar refractivity (Wildman–Crippen MR) is 96.1 cm³/mol. The molecule has 0 amide bonds. The Morgan fingerprint density at radius 3 is 2.76 bits per heavy atom. The van der Waals surface area contributed by atoms with Crippen LogP contribution in [-0.2, 0) is 0 Å². The summed E-state index contributed by atoms with van der Waals surface area (Å²) in [4.78, 5) is 0. The Labute approximate surface area is 149 Å². The van der Waals surface area contributed by atoms with Crippen LogP contribution in [0.1, 0.15) is 36.5 Å². The van der Waals surface area contributed by atoms with Gasteiger partial charge in [-0.15, -0.1) is 0 Å². The number of furan rings is 1. The highest BCUT2D eigenvalue weighted by Crippen LogP contribution is 2.33. The molecule has 3 aromatic rings. The summed E-state index contributed by atoms with van der Waals surface area (Å²) in [7, 11) is 0. The van der Waals surface area contributed by atoms with Crippen molar-refractivity contribution in [2.24, 2.45) is 0 Å². The van der Waals surface area contributed by atoms with E-state index >= 15 is 0 Å². The summed E-state index contributed by atoms with van der Waals surface area (Å²) in [6.45, 7) is 3.95. The Kier molecular flexibility index (Phi) is 4.86. The highest BCUT2D eigenvalue weighted by Gasteiger charge is 2.18. The zero-order valence-electron chi connectivity index (χ0n) is 13.8. The van der Waals surface area contributed by atoms with Crippen LogP contribution in [0.15, 0.2) is 34.7 Å². The van der Waals surface area contributed by atoms with Gasteiger partial charge in [-0.05, 0) is 37.6 Å². The van der Waals surface area contributed by atoms with Crippen LogP contribution >= 0.6 is 11.7 Å². The molecular weight excluding hydrogens is 338 g/mol. The number of rotatable bonds is 6. The van der Waals surface area contributed by atoms with Gasteiger partial charge in [-0.3, -0.25) is 0 Å². The van der Waals surface area contributed by atoms with Gasteiger partial charge in [-0.25, -0.2) is 0 Å². The summed E-state index contributed by atoms with van der Waals surface area (Å²) in [6.07, 6.45) is 0.805. The van der Waals surface area contributed by atoms with Gasteiger partial charge in [-0.1, -0.05) is 13.0 Å². The first-order valence-electron chi connectivity index (χ1n) is 7.77. The fraction of sp³-hybridized carbons (Fsp3) is 0.235. The van der Waals surface area contributed by atoms with Crippen molar-refractivity contribution < 1.29 is 9.52 Å². The van der Waals surface area contributed by atoms with Crippen LogP contribution in [0.4, 0.5) is 17.3 Å². The van der Waals surface area contributed by atoms with E-state index in [4.69, 9.17) is 9.68 Å². The zero-order valence-corrected chi connectivity index (χ0v) is 14.6. The molecule has 0 bridgehead atoms. The standard InChI is InChI=1S/C17H17N5O2S/c1-3-12(14-8-7-10(2)24-14)19-16-17(22-25-21-16)20-13-6-4-5-11(9-18)15(13)23/h4-8,12,23H,3H2,1-2H3,(H,19,21)(H,20,22). The number of aromatic nitrogens is 2. The lowest BCUT2D eigenvalue weighted by atomic mass is 10.1. The molecule has 128 valence electrons. The Bertz CT molecular complexity index is 912. The van der Waals surface area contributed by atoms with Crippen LogP contribution in [0.2, 0.25) is 0 Å². The third kappa shape index (κ3) is 3.56. The molecule has 0 spiro atoms. The number of aromatic hydroxyl groups is 1. The number of nitriles is 1. The number of aryl methyl sites for hydroxylation is 1. The summed E-state index contributed by atoms with van der Waals surface area (Å²) < 4.78 is 14.2. The van der Waals surface area contributed by atoms with E-state index in [1.54, 1.807) is 18.2 Å². The summed E-state index contributed by atoms with van der Waals surface area (Å²) in [5.74, 6) is 2.61. The molecule has 3 rings (SSSR count). The first kappa shape index (κ1) is 16.8. The number of para-hydroxylation sites is 1. The second-order valence-corrected chi connectivity index (χ2v) is 5.98. The predicted octanol–water partition coefficient (Wildman–Crippen LogP) is 4.32. The van der Waals surface area contributed by atoms with E-state index in [0.717, 1.165) is 29.7 Å². The molecule has 2 heterocycles. The fourth-order valence-corrected chi connectivity index (χ4v) is 2.88. The lowest BCUT2D eigenvalue weighted by Crippen LogP contribution is -2.10. The number of hydrogen-bond donors (Lipinski definition) is 3. The van der Waals surface area contributed by atoms with Crippen molar-refractivity contribution in [3.63, 3.8) is 0 Å². The molecule has 25 heavy (non-hydrogen) atoms. The van der Waals surface area contributed by atoms with Gasteiger partial charge in [0.2, 0.25) is 0 Å². The minimum Gasteiger partial charge on any atom is -0.504 e. The zero-order chi connectivity index (χ0) is 17.8. The van der Waals surface area contributed by atoms with Gasteiger partial charge in [0.25, 0.3) is 0 Å². The molecule has 7 nitrogen and oxygen atoms in total. The van der Waals surface area contributed by atoms with Crippen LogP contribution < -0.4 is 10.6 Å². The fourth-order valence-electron chi connectivity index (χ4n) is 2.41. The molecular formula is C17H17N5O2S. The average Bonchev–Trinajstić information content (AvgIpc) is 3.23. The maximum Gasteiger partial charge on any atom is 0.188 e. The Morgan fingerprint density at radius 2 is 2.08 bits per heavy atom. The molecule has 1 unspecified atom stereocenters. The van der Waals surface area contributed by atoms with Gasteiger partial charge in [0.15, 0.2) is 17.4 Å². The number of phenolic OH excluding ortho intramolecular Hbond substituents is 1. The molecule has 8 heteroatoms. The van der Waals surface area contributed by atoms with Crippen LogP contribution in [0.3, 0.4) is 0 Å². The lowest BCUT2D eigenvalue weighted by Gasteiger charge is -2.15. The highest BCUT2D eigenvalue weighted by atomic mass is 32.1. The molecule has 0 saturated heterocycles. The molecule has 0 aliphatic carbocycles. The largest absolute Gasteiger partial charge is 0.504 e. The Balaban J connectivity index is 1.82. The van der Waals surface area contributed by atoms with E-state index in [0.29, 0.717) is 17.3 Å². The second kappa shape index (κ2) is 7.23. The third-order valence-corrected chi connectivity index (χ3v) is 4.25. The monoisotopic (exact) mass is 355 g/mol. The number of hydrogen-bond acceptors (Lipinski definition) is 8. The summed E-state index contributed by atoms with van der Waals surface area (Å²) in [5, 5.41) is 25.5. The molecule has 0 aliphatic rings. The van der Waals surface area contributed by atoms with Gasteiger partial charge < -0.3 is 20.2 Å². The van der Waals surface area contributed by atoms with E-state index in [-0.39, 0.29) is 17.4 Å². The lowest BCUT2D eigenvalue weighted by molar-refractivity contribution is 0.452. The number of anilines is 3. The number of nitrogens with one attached hydrogen (secondary N) is 2. The van der Waals surface area contributed by atoms with E-state index in [1.165, 1.54) is 0 Å².